The van der Waals surface area contributed by atoms with E-state index in [4.69, 9.17) is 4.74 Å². The van der Waals surface area contributed by atoms with Gasteiger partial charge in [0.2, 0.25) is 0 Å². The van der Waals surface area contributed by atoms with E-state index in [0.717, 1.165) is 6.07 Å². The van der Waals surface area contributed by atoms with Crippen LogP contribution in [0.1, 0.15) is 26.3 Å². The van der Waals surface area contributed by atoms with E-state index in [9.17, 15) is 13.6 Å². The molecule has 0 bridgehead atoms. The number of alkyl carbamates (subject to hydrolysis) is 1. The number of carbonyl (C=O) groups excluding carboxylic acids is 1. The monoisotopic (exact) mass is 484 g/mol. The second-order valence-corrected chi connectivity index (χ2v) is 6.38. The molecule has 0 heterocycles. The van der Waals surface area contributed by atoms with E-state index in [1.54, 1.807) is 27.8 Å². The van der Waals surface area contributed by atoms with Gasteiger partial charge in [-0.1, -0.05) is 0 Å². The summed E-state index contributed by atoms with van der Waals surface area (Å²) >= 11 is 0. The summed E-state index contributed by atoms with van der Waals surface area (Å²) in [7, 11) is 1.61. The Morgan fingerprint density at radius 2 is 1.58 bits per heavy atom. The lowest BCUT2D eigenvalue weighted by atomic mass is 10.1. The van der Waals surface area contributed by atoms with Gasteiger partial charge < -0.3 is 20.7 Å². The van der Waals surface area contributed by atoms with Crippen molar-refractivity contribution in [2.24, 2.45) is 4.99 Å². The number of aliphatic imine (C=N–C) groups is 1. The zero-order valence-corrected chi connectivity index (χ0v) is 17.8. The first kappa shape index (κ1) is 24.4. The molecule has 0 radical (unpaired) electrons. The molecular formula is C17H27F2IN4O2. The number of amides is 1. The number of ether oxygens (including phenoxy) is 1. The van der Waals surface area contributed by atoms with Crippen LogP contribution in [0, 0.1) is 11.6 Å². The second-order valence-electron chi connectivity index (χ2n) is 6.38. The number of carbonyl (C=O) groups is 1. The van der Waals surface area contributed by atoms with Gasteiger partial charge in [0, 0.05) is 32.7 Å². The van der Waals surface area contributed by atoms with Gasteiger partial charge in [0.15, 0.2) is 5.96 Å². The van der Waals surface area contributed by atoms with Crippen molar-refractivity contribution in [2.75, 3.05) is 26.7 Å². The van der Waals surface area contributed by atoms with E-state index >= 15 is 0 Å². The van der Waals surface area contributed by atoms with Crippen LogP contribution in [0.5, 0.6) is 0 Å². The lowest BCUT2D eigenvalue weighted by molar-refractivity contribution is 0.0529. The van der Waals surface area contributed by atoms with Gasteiger partial charge in [0.25, 0.3) is 0 Å². The normalized spacial score (nSPS) is 11.4. The minimum Gasteiger partial charge on any atom is -0.444 e. The molecule has 1 aromatic rings. The van der Waals surface area contributed by atoms with Crippen LogP contribution in [-0.2, 0) is 11.2 Å². The van der Waals surface area contributed by atoms with E-state index < -0.39 is 23.3 Å². The molecule has 148 valence electrons. The minimum atomic E-state index is -0.592. The summed E-state index contributed by atoms with van der Waals surface area (Å²) in [5.74, 6) is -0.653. The number of nitrogens with zero attached hydrogens (tertiary/aromatic N) is 1. The summed E-state index contributed by atoms with van der Waals surface area (Å²) < 4.78 is 31.3. The Hall–Kier alpha value is -1.65. The zero-order chi connectivity index (χ0) is 18.9. The van der Waals surface area contributed by atoms with E-state index in [1.165, 1.54) is 12.1 Å². The fourth-order valence-corrected chi connectivity index (χ4v) is 1.96. The smallest absolute Gasteiger partial charge is 0.407 e. The molecule has 1 amide bonds. The van der Waals surface area contributed by atoms with Gasteiger partial charge in [0.05, 0.1) is 0 Å². The highest BCUT2D eigenvalue weighted by Crippen LogP contribution is 2.08. The van der Waals surface area contributed by atoms with Gasteiger partial charge in [-0.05, 0) is 44.9 Å². The highest BCUT2D eigenvalue weighted by molar-refractivity contribution is 14.0. The summed E-state index contributed by atoms with van der Waals surface area (Å²) in [5.41, 5.74) is 0.0259. The molecule has 0 aliphatic heterocycles. The van der Waals surface area contributed by atoms with Crippen LogP contribution in [0.4, 0.5) is 13.6 Å². The lowest BCUT2D eigenvalue weighted by Gasteiger charge is -2.19. The van der Waals surface area contributed by atoms with Crippen LogP contribution in [-0.4, -0.2) is 44.3 Å². The van der Waals surface area contributed by atoms with Crippen LogP contribution in [0.15, 0.2) is 23.2 Å². The number of halogens is 3. The van der Waals surface area contributed by atoms with Crippen molar-refractivity contribution in [2.45, 2.75) is 32.8 Å². The van der Waals surface area contributed by atoms with Gasteiger partial charge in [-0.3, -0.25) is 4.99 Å². The number of guanidine groups is 1. The molecule has 0 aliphatic carbocycles. The van der Waals surface area contributed by atoms with Crippen LogP contribution in [0.25, 0.3) is 0 Å². The number of hydrogen-bond acceptors (Lipinski definition) is 3. The van der Waals surface area contributed by atoms with Crippen molar-refractivity contribution in [3.8, 4) is 0 Å². The van der Waals surface area contributed by atoms with Crippen molar-refractivity contribution in [1.82, 2.24) is 16.0 Å². The Balaban J connectivity index is 0.00000625. The van der Waals surface area contributed by atoms with Gasteiger partial charge in [0.1, 0.15) is 17.2 Å². The third-order valence-corrected chi connectivity index (χ3v) is 2.94. The average Bonchev–Trinajstić information content (AvgIpc) is 2.46. The molecule has 26 heavy (non-hydrogen) atoms. The first-order chi connectivity index (χ1) is 11.7. The predicted molar refractivity (Wildman–Crippen MR) is 109 cm³/mol. The SMILES string of the molecule is CN=C(NCCNC(=O)OC(C)(C)C)NCCc1cc(F)cc(F)c1.I. The molecule has 0 saturated heterocycles. The molecule has 0 aromatic heterocycles. The Morgan fingerprint density at radius 3 is 2.12 bits per heavy atom. The van der Waals surface area contributed by atoms with Gasteiger partial charge >= 0.3 is 6.09 Å². The standard InChI is InChI=1S/C17H26F2N4O2.HI/c1-17(2,3)25-16(24)23-8-7-22-15(20-4)21-6-5-12-9-13(18)11-14(19)10-12;/h9-11H,5-8H2,1-4H3,(H,23,24)(H2,20,21,22);1H. The second kappa shape index (κ2) is 11.9. The molecule has 0 spiro atoms. The zero-order valence-electron chi connectivity index (χ0n) is 15.5. The lowest BCUT2D eigenvalue weighted by Crippen LogP contribution is -2.43. The average molecular weight is 484 g/mol. The van der Waals surface area contributed by atoms with E-state index in [1.807, 2.05) is 0 Å². The number of nitrogens with one attached hydrogen (secondary N) is 3. The summed E-state index contributed by atoms with van der Waals surface area (Å²) in [5, 5.41) is 8.67. The van der Waals surface area contributed by atoms with Crippen LogP contribution >= 0.6 is 24.0 Å². The number of benzene rings is 1. The maximum atomic E-state index is 13.1. The quantitative estimate of drug-likeness (QED) is 0.251. The van der Waals surface area contributed by atoms with E-state index in [-0.39, 0.29) is 24.0 Å². The molecular weight excluding hydrogens is 457 g/mol. The van der Waals surface area contributed by atoms with Gasteiger partial charge in [-0.2, -0.15) is 0 Å². The molecule has 0 saturated carbocycles. The highest BCUT2D eigenvalue weighted by Gasteiger charge is 2.15. The summed E-state index contributed by atoms with van der Waals surface area (Å²) in [6, 6.07) is 3.44. The number of hydrogen-bond donors (Lipinski definition) is 3. The maximum absolute atomic E-state index is 13.1. The molecule has 1 aromatic carbocycles. The molecule has 0 atom stereocenters. The van der Waals surface area contributed by atoms with Crippen LogP contribution in [0.3, 0.4) is 0 Å². The Kier molecular flexibility index (Phi) is 11.1. The first-order valence-corrected chi connectivity index (χ1v) is 8.06. The molecule has 1 rings (SSSR count). The Labute approximate surface area is 170 Å². The van der Waals surface area contributed by atoms with Crippen LogP contribution in [0.2, 0.25) is 0 Å². The van der Waals surface area contributed by atoms with Gasteiger partial charge in [-0.15, -0.1) is 24.0 Å². The molecule has 6 nitrogen and oxygen atoms in total. The van der Waals surface area contributed by atoms with E-state index in [2.05, 4.69) is 20.9 Å². The molecule has 0 unspecified atom stereocenters. The predicted octanol–water partition coefficient (Wildman–Crippen LogP) is 2.82. The van der Waals surface area contributed by atoms with Crippen LogP contribution < -0.4 is 16.0 Å². The van der Waals surface area contributed by atoms with Gasteiger partial charge in [-0.25, -0.2) is 13.6 Å². The van der Waals surface area contributed by atoms with E-state index in [0.29, 0.717) is 37.6 Å². The number of rotatable bonds is 6. The third kappa shape index (κ3) is 11.1. The van der Waals surface area contributed by atoms with Crippen molar-refractivity contribution < 1.29 is 18.3 Å². The Morgan fingerprint density at radius 1 is 1.04 bits per heavy atom. The summed E-state index contributed by atoms with van der Waals surface area (Å²) in [6.45, 7) is 6.66. The Bertz CT molecular complexity index is 587. The summed E-state index contributed by atoms with van der Waals surface area (Å²) in [6.07, 6.45) is -0.0312. The minimum absolute atomic E-state index is 0. The van der Waals surface area contributed by atoms with Crippen molar-refractivity contribution >= 4 is 36.0 Å². The molecule has 0 aliphatic rings. The first-order valence-electron chi connectivity index (χ1n) is 8.06. The third-order valence-electron chi connectivity index (χ3n) is 2.94. The molecule has 0 fully saturated rings. The fourth-order valence-electron chi connectivity index (χ4n) is 1.96. The van der Waals surface area contributed by atoms with Crippen molar-refractivity contribution in [3.05, 3.63) is 35.4 Å². The summed E-state index contributed by atoms with van der Waals surface area (Å²) in [4.78, 5) is 15.5. The molecule has 3 N–H and O–H groups in total. The highest BCUT2D eigenvalue weighted by atomic mass is 127. The maximum Gasteiger partial charge on any atom is 0.407 e. The largest absolute Gasteiger partial charge is 0.444 e. The van der Waals surface area contributed by atoms with Crippen molar-refractivity contribution in [1.29, 1.82) is 0 Å². The fraction of sp³-hybridized carbons (Fsp3) is 0.529. The topological polar surface area (TPSA) is 74.8 Å². The molecule has 9 heteroatoms. The van der Waals surface area contributed by atoms with Crippen molar-refractivity contribution in [3.63, 3.8) is 0 Å².